The van der Waals surface area contributed by atoms with Crippen LogP contribution in [-0.2, 0) is 15.3 Å². The number of carbonyl (C=O) groups excluding carboxylic acids is 1. The highest BCUT2D eigenvalue weighted by Crippen LogP contribution is 2.47. The first-order chi connectivity index (χ1) is 17.4. The highest BCUT2D eigenvalue weighted by molar-refractivity contribution is 6.30. The summed E-state index contributed by atoms with van der Waals surface area (Å²) in [6.07, 6.45) is 1.69. The molecule has 1 unspecified atom stereocenters. The molecule has 1 aliphatic rings. The average Bonchev–Trinajstić information content (AvgIpc) is 2.88. The Hall–Kier alpha value is -2.90. The van der Waals surface area contributed by atoms with E-state index in [2.05, 4.69) is 16.1 Å². The SMILES string of the molecule is CCONC(=O)[C@@H](NC1(C(c2ccc(Cl)cc2)c2ccc(Cl)cc2)N=CNc2ccccc21)C(C)C. The zero-order valence-corrected chi connectivity index (χ0v) is 22.0. The lowest BCUT2D eigenvalue weighted by Crippen LogP contribution is -2.58. The molecule has 4 rings (SSSR count). The largest absolute Gasteiger partial charge is 0.346 e. The van der Waals surface area contributed by atoms with E-state index in [9.17, 15) is 4.79 Å². The summed E-state index contributed by atoms with van der Waals surface area (Å²) in [5.74, 6) is -0.647. The van der Waals surface area contributed by atoms with Crippen LogP contribution < -0.4 is 16.1 Å². The molecule has 0 spiro atoms. The summed E-state index contributed by atoms with van der Waals surface area (Å²) in [7, 11) is 0. The smallest absolute Gasteiger partial charge is 0.260 e. The van der Waals surface area contributed by atoms with Crippen molar-refractivity contribution >= 4 is 41.1 Å². The molecule has 3 aromatic carbocycles. The number of hydroxylamine groups is 1. The third-order valence-corrected chi connectivity index (χ3v) is 6.80. The molecule has 188 valence electrons. The van der Waals surface area contributed by atoms with E-state index < -0.39 is 11.7 Å². The van der Waals surface area contributed by atoms with Gasteiger partial charge < -0.3 is 5.32 Å². The van der Waals surface area contributed by atoms with Crippen LogP contribution in [0.25, 0.3) is 0 Å². The van der Waals surface area contributed by atoms with Gasteiger partial charge in [0, 0.05) is 21.3 Å². The highest BCUT2D eigenvalue weighted by atomic mass is 35.5. The third kappa shape index (κ3) is 5.42. The third-order valence-electron chi connectivity index (χ3n) is 6.29. The first-order valence-corrected chi connectivity index (χ1v) is 12.7. The normalized spacial score (nSPS) is 17.5. The summed E-state index contributed by atoms with van der Waals surface area (Å²) in [5, 5.41) is 8.20. The van der Waals surface area contributed by atoms with Gasteiger partial charge in [0.25, 0.3) is 5.91 Å². The molecule has 6 nitrogen and oxygen atoms in total. The molecule has 1 heterocycles. The number of fused-ring (bicyclic) bond motifs is 1. The summed E-state index contributed by atoms with van der Waals surface area (Å²) >= 11 is 12.5. The quantitative estimate of drug-likeness (QED) is 0.295. The molecule has 8 heteroatoms. The van der Waals surface area contributed by atoms with Crippen molar-refractivity contribution in [1.82, 2.24) is 10.8 Å². The van der Waals surface area contributed by atoms with Crippen LogP contribution in [0.4, 0.5) is 5.69 Å². The van der Waals surface area contributed by atoms with Crippen LogP contribution in [0.2, 0.25) is 10.0 Å². The first-order valence-electron chi connectivity index (χ1n) is 12.0. The number of nitrogens with zero attached hydrogens (tertiary/aromatic N) is 1. The lowest BCUT2D eigenvalue weighted by Gasteiger charge is -2.44. The fourth-order valence-corrected chi connectivity index (χ4v) is 4.86. The lowest BCUT2D eigenvalue weighted by molar-refractivity contribution is -0.137. The minimum atomic E-state index is -1.04. The number of aliphatic imine (C=N–C) groups is 1. The van der Waals surface area contributed by atoms with Crippen LogP contribution in [0.5, 0.6) is 0 Å². The molecule has 2 atom stereocenters. The number of carbonyl (C=O) groups is 1. The average molecular weight is 525 g/mol. The summed E-state index contributed by atoms with van der Waals surface area (Å²) < 4.78 is 0. The van der Waals surface area contributed by atoms with Crippen LogP contribution in [0, 0.1) is 5.92 Å². The van der Waals surface area contributed by atoms with Crippen molar-refractivity contribution in [2.24, 2.45) is 10.9 Å². The van der Waals surface area contributed by atoms with Gasteiger partial charge in [0.1, 0.15) is 0 Å². The molecule has 0 saturated heterocycles. The molecule has 1 aliphatic heterocycles. The summed E-state index contributed by atoms with van der Waals surface area (Å²) in [4.78, 5) is 23.6. The zero-order valence-electron chi connectivity index (χ0n) is 20.5. The summed E-state index contributed by atoms with van der Waals surface area (Å²) in [6.45, 7) is 6.18. The van der Waals surface area contributed by atoms with E-state index in [0.717, 1.165) is 22.4 Å². The van der Waals surface area contributed by atoms with Gasteiger partial charge in [0.2, 0.25) is 0 Å². The van der Waals surface area contributed by atoms with Gasteiger partial charge in [-0.15, -0.1) is 0 Å². The molecule has 0 bridgehead atoms. The second kappa shape index (κ2) is 11.4. The number of hydrogen-bond acceptors (Lipinski definition) is 5. The van der Waals surface area contributed by atoms with Gasteiger partial charge in [-0.3, -0.25) is 14.9 Å². The van der Waals surface area contributed by atoms with Crippen molar-refractivity contribution in [3.05, 3.63) is 99.5 Å². The molecule has 36 heavy (non-hydrogen) atoms. The summed E-state index contributed by atoms with van der Waals surface area (Å²) in [6, 6.07) is 22.8. The van der Waals surface area contributed by atoms with Crippen molar-refractivity contribution in [3.8, 4) is 0 Å². The minimum absolute atomic E-state index is 0.0596. The van der Waals surface area contributed by atoms with E-state index in [1.165, 1.54) is 0 Å². The van der Waals surface area contributed by atoms with E-state index in [1.807, 2.05) is 93.6 Å². The molecule has 0 aromatic heterocycles. The van der Waals surface area contributed by atoms with Gasteiger partial charge in [-0.1, -0.05) is 79.5 Å². The van der Waals surface area contributed by atoms with Gasteiger partial charge in [-0.25, -0.2) is 10.5 Å². The van der Waals surface area contributed by atoms with Crippen LogP contribution in [0.15, 0.2) is 77.8 Å². The van der Waals surface area contributed by atoms with Gasteiger partial charge in [-0.2, -0.15) is 0 Å². The fourth-order valence-electron chi connectivity index (χ4n) is 4.61. The van der Waals surface area contributed by atoms with E-state index in [1.54, 1.807) is 6.34 Å². The molecule has 3 N–H and O–H groups in total. The second-order valence-corrected chi connectivity index (χ2v) is 9.89. The number of benzene rings is 3. The van der Waals surface area contributed by atoms with Crippen LogP contribution in [0.1, 0.15) is 43.4 Å². The Balaban J connectivity index is 1.95. The van der Waals surface area contributed by atoms with Crippen LogP contribution in [-0.4, -0.2) is 24.9 Å². The maximum atomic E-state index is 13.3. The van der Waals surface area contributed by atoms with E-state index in [0.29, 0.717) is 16.7 Å². The molecule has 0 aliphatic carbocycles. The van der Waals surface area contributed by atoms with E-state index in [4.69, 9.17) is 33.0 Å². The van der Waals surface area contributed by atoms with Crippen molar-refractivity contribution in [2.45, 2.75) is 38.4 Å². The fraction of sp³-hybridized carbons (Fsp3) is 0.286. The molecule has 1 amide bonds. The number of amides is 1. The maximum absolute atomic E-state index is 13.3. The summed E-state index contributed by atoms with van der Waals surface area (Å²) in [5.41, 5.74) is 5.32. The van der Waals surface area contributed by atoms with Crippen molar-refractivity contribution in [1.29, 1.82) is 0 Å². The minimum Gasteiger partial charge on any atom is -0.346 e. The Morgan fingerprint density at radius 1 is 0.972 bits per heavy atom. The second-order valence-electron chi connectivity index (χ2n) is 9.02. The zero-order chi connectivity index (χ0) is 25.7. The van der Waals surface area contributed by atoms with Crippen LogP contribution in [0.3, 0.4) is 0 Å². The Morgan fingerprint density at radius 2 is 1.56 bits per heavy atom. The standard InChI is InChI=1S/C28H30Cl2N4O2/c1-4-36-34-27(35)26(18(2)3)33-28(23-7-5-6-8-24(23)31-17-32-28)25(19-9-13-21(29)14-10-19)20-11-15-22(30)16-12-20/h5-18,25-26,33H,4H2,1-3H3,(H,31,32)(H,34,35)/t26-,28?/m0/s1. The Kier molecular flexibility index (Phi) is 8.32. The van der Waals surface area contributed by atoms with E-state index in [-0.39, 0.29) is 17.7 Å². The number of halogens is 2. The first kappa shape index (κ1) is 26.2. The number of nitrogens with one attached hydrogen (secondary N) is 3. The van der Waals surface area contributed by atoms with Gasteiger partial charge >= 0.3 is 0 Å². The predicted molar refractivity (Wildman–Crippen MR) is 147 cm³/mol. The topological polar surface area (TPSA) is 74.8 Å². The van der Waals surface area contributed by atoms with Gasteiger partial charge in [-0.05, 0) is 54.3 Å². The predicted octanol–water partition coefficient (Wildman–Crippen LogP) is 6.11. The number of hydrogen-bond donors (Lipinski definition) is 3. The lowest BCUT2D eigenvalue weighted by atomic mass is 9.75. The molecule has 0 fully saturated rings. The van der Waals surface area contributed by atoms with Gasteiger partial charge in [0.15, 0.2) is 5.66 Å². The molecule has 3 aromatic rings. The van der Waals surface area contributed by atoms with Crippen molar-refractivity contribution < 1.29 is 9.63 Å². The van der Waals surface area contributed by atoms with Crippen molar-refractivity contribution in [3.63, 3.8) is 0 Å². The monoisotopic (exact) mass is 524 g/mol. The van der Waals surface area contributed by atoms with Gasteiger partial charge in [0.05, 0.1) is 24.9 Å². The number of para-hydroxylation sites is 1. The van der Waals surface area contributed by atoms with Crippen molar-refractivity contribution in [2.75, 3.05) is 11.9 Å². The van der Waals surface area contributed by atoms with E-state index >= 15 is 0 Å². The Morgan fingerprint density at radius 3 is 2.11 bits per heavy atom. The molecular formula is C28H30Cl2N4O2. The maximum Gasteiger partial charge on any atom is 0.260 e. The molecule has 0 saturated carbocycles. The molecular weight excluding hydrogens is 495 g/mol. The number of anilines is 1. The Bertz CT molecular complexity index is 1170. The van der Waals surface area contributed by atoms with Crippen LogP contribution >= 0.6 is 23.2 Å². The Labute approximate surface area is 222 Å². The highest BCUT2D eigenvalue weighted by Gasteiger charge is 2.47. The number of rotatable bonds is 9. The molecule has 0 radical (unpaired) electrons.